The summed E-state index contributed by atoms with van der Waals surface area (Å²) in [7, 11) is 1.77. The molecule has 120 valence electrons. The quantitative estimate of drug-likeness (QED) is 0.900. The van der Waals surface area contributed by atoms with Gasteiger partial charge in [0.1, 0.15) is 0 Å². The number of alkyl halides is 3. The zero-order chi connectivity index (χ0) is 15.6. The zero-order valence-corrected chi connectivity index (χ0v) is 13.0. The Labute approximate surface area is 127 Å². The van der Waals surface area contributed by atoms with Gasteiger partial charge in [-0.25, -0.2) is 0 Å². The molecule has 0 spiro atoms. The van der Waals surface area contributed by atoms with Crippen molar-refractivity contribution in [1.29, 1.82) is 0 Å². The van der Waals surface area contributed by atoms with Crippen LogP contribution in [0.25, 0.3) is 0 Å². The molecule has 3 nitrogen and oxygen atoms in total. The molecule has 0 radical (unpaired) electrons. The van der Waals surface area contributed by atoms with E-state index in [1.807, 2.05) is 6.92 Å². The van der Waals surface area contributed by atoms with Gasteiger partial charge in [0.25, 0.3) is 0 Å². The molecule has 0 aromatic carbocycles. The number of nitrogens with one attached hydrogen (secondary N) is 1. The summed E-state index contributed by atoms with van der Waals surface area (Å²) in [6, 6.07) is -0.190. The van der Waals surface area contributed by atoms with Gasteiger partial charge in [-0.15, -0.1) is 0 Å². The molecule has 1 fully saturated rings. The predicted octanol–water partition coefficient (Wildman–Crippen LogP) is 4.19. The first kappa shape index (κ1) is 16.6. The van der Waals surface area contributed by atoms with Gasteiger partial charge in [0.05, 0.1) is 28.9 Å². The van der Waals surface area contributed by atoms with Crippen LogP contribution in [0, 0.1) is 11.8 Å². The molecule has 1 aromatic rings. The fraction of sp³-hybridized carbons (Fsp3) is 0.786. The summed E-state index contributed by atoms with van der Waals surface area (Å²) in [5.41, 5.74) is 0.800. The van der Waals surface area contributed by atoms with Gasteiger partial charge in [-0.3, -0.25) is 4.68 Å². The highest BCUT2D eigenvalue weighted by Crippen LogP contribution is 2.44. The van der Waals surface area contributed by atoms with Gasteiger partial charge < -0.3 is 5.32 Å². The SMILES string of the molecule is CCn1ncc(Cl)c1C(NC)C1CCCC(C(F)(F)F)C1. The molecular formula is C14H21ClF3N3. The Morgan fingerprint density at radius 1 is 1.48 bits per heavy atom. The molecule has 1 aliphatic rings. The molecule has 1 heterocycles. The number of hydrogen-bond acceptors (Lipinski definition) is 2. The topological polar surface area (TPSA) is 29.9 Å². The first-order valence-electron chi connectivity index (χ1n) is 7.33. The number of halogens is 4. The molecule has 0 saturated heterocycles. The highest BCUT2D eigenvalue weighted by Gasteiger charge is 2.44. The van der Waals surface area contributed by atoms with E-state index in [9.17, 15) is 13.2 Å². The summed E-state index contributed by atoms with van der Waals surface area (Å²) in [6.07, 6.45) is -0.772. The van der Waals surface area contributed by atoms with Crippen molar-refractivity contribution in [3.63, 3.8) is 0 Å². The van der Waals surface area contributed by atoms with E-state index in [-0.39, 0.29) is 24.8 Å². The molecule has 2 rings (SSSR count). The van der Waals surface area contributed by atoms with Crippen LogP contribution in [0.1, 0.15) is 44.3 Å². The Bertz CT molecular complexity index is 473. The molecule has 0 bridgehead atoms. The zero-order valence-electron chi connectivity index (χ0n) is 12.3. The molecule has 0 aliphatic heterocycles. The largest absolute Gasteiger partial charge is 0.391 e. The van der Waals surface area contributed by atoms with E-state index in [1.165, 1.54) is 0 Å². The average molecular weight is 324 g/mol. The van der Waals surface area contributed by atoms with Gasteiger partial charge >= 0.3 is 6.18 Å². The second-order valence-electron chi connectivity index (χ2n) is 5.63. The van der Waals surface area contributed by atoms with Crippen LogP contribution in [0.4, 0.5) is 13.2 Å². The van der Waals surface area contributed by atoms with Gasteiger partial charge in [-0.1, -0.05) is 18.0 Å². The van der Waals surface area contributed by atoms with Crippen molar-refractivity contribution < 1.29 is 13.2 Å². The van der Waals surface area contributed by atoms with Crippen LogP contribution in [-0.2, 0) is 6.54 Å². The van der Waals surface area contributed by atoms with Crippen molar-refractivity contribution in [1.82, 2.24) is 15.1 Å². The molecular weight excluding hydrogens is 303 g/mol. The number of rotatable bonds is 4. The second kappa shape index (κ2) is 6.57. The molecule has 21 heavy (non-hydrogen) atoms. The van der Waals surface area contributed by atoms with Gasteiger partial charge in [0.15, 0.2) is 0 Å². The molecule has 0 amide bonds. The Balaban J connectivity index is 2.23. The first-order valence-corrected chi connectivity index (χ1v) is 7.71. The highest BCUT2D eigenvalue weighted by molar-refractivity contribution is 6.31. The average Bonchev–Trinajstić information content (AvgIpc) is 2.81. The van der Waals surface area contributed by atoms with Gasteiger partial charge in [-0.2, -0.15) is 18.3 Å². The van der Waals surface area contributed by atoms with Crippen molar-refractivity contribution in [2.75, 3.05) is 7.05 Å². The summed E-state index contributed by atoms with van der Waals surface area (Å²) < 4.78 is 40.7. The summed E-state index contributed by atoms with van der Waals surface area (Å²) in [5, 5.41) is 7.86. The molecule has 3 atom stereocenters. The molecule has 7 heteroatoms. The highest BCUT2D eigenvalue weighted by atomic mass is 35.5. The maximum atomic E-state index is 13.0. The Hall–Kier alpha value is -0.750. The van der Waals surface area contributed by atoms with Gasteiger partial charge in [0.2, 0.25) is 0 Å². The lowest BCUT2D eigenvalue weighted by molar-refractivity contribution is -0.186. The van der Waals surface area contributed by atoms with Crippen LogP contribution in [0.3, 0.4) is 0 Å². The normalized spacial score (nSPS) is 25.0. The number of nitrogens with zero attached hydrogens (tertiary/aromatic N) is 2. The molecule has 3 unspecified atom stereocenters. The fourth-order valence-corrected chi connectivity index (χ4v) is 3.62. The van der Waals surface area contributed by atoms with Crippen molar-refractivity contribution in [3.8, 4) is 0 Å². The summed E-state index contributed by atoms with van der Waals surface area (Å²) in [4.78, 5) is 0. The fourth-order valence-electron chi connectivity index (χ4n) is 3.36. The standard InChI is InChI=1S/C14H21ClF3N3/c1-3-21-13(11(15)8-20-21)12(19-2)9-5-4-6-10(7-9)14(16,17)18/h8-10,12,19H,3-7H2,1-2H3. The molecule has 1 saturated carbocycles. The number of hydrogen-bond donors (Lipinski definition) is 1. The Kier molecular flexibility index (Phi) is 5.20. The number of aromatic nitrogens is 2. The molecule has 1 aromatic heterocycles. The minimum atomic E-state index is -4.11. The third kappa shape index (κ3) is 3.54. The van der Waals surface area contributed by atoms with Crippen molar-refractivity contribution in [2.24, 2.45) is 11.8 Å². The van der Waals surface area contributed by atoms with Crippen LogP contribution in [0.5, 0.6) is 0 Å². The first-order chi connectivity index (χ1) is 9.88. The number of aryl methyl sites for hydroxylation is 1. The van der Waals surface area contributed by atoms with E-state index in [0.717, 1.165) is 12.1 Å². The van der Waals surface area contributed by atoms with Gasteiger partial charge in [-0.05, 0) is 39.2 Å². The molecule has 1 aliphatic carbocycles. The summed E-state index contributed by atoms with van der Waals surface area (Å²) >= 11 is 6.20. The van der Waals surface area contributed by atoms with Crippen LogP contribution < -0.4 is 5.32 Å². The monoisotopic (exact) mass is 323 g/mol. The van der Waals surface area contributed by atoms with Crippen LogP contribution in [-0.4, -0.2) is 23.0 Å². The third-order valence-corrected chi connectivity index (χ3v) is 4.68. The third-order valence-electron chi connectivity index (χ3n) is 4.39. The minimum Gasteiger partial charge on any atom is -0.311 e. The van der Waals surface area contributed by atoms with E-state index in [2.05, 4.69) is 10.4 Å². The summed E-state index contributed by atoms with van der Waals surface area (Å²) in [6.45, 7) is 2.59. The van der Waals surface area contributed by atoms with Crippen LogP contribution in [0.15, 0.2) is 6.20 Å². The van der Waals surface area contributed by atoms with Crippen molar-refractivity contribution in [2.45, 2.75) is 51.4 Å². The lowest BCUT2D eigenvalue weighted by Gasteiger charge is -2.35. The van der Waals surface area contributed by atoms with E-state index in [0.29, 0.717) is 18.0 Å². The van der Waals surface area contributed by atoms with Crippen molar-refractivity contribution in [3.05, 3.63) is 16.9 Å². The minimum absolute atomic E-state index is 0.0742. The Morgan fingerprint density at radius 3 is 2.76 bits per heavy atom. The second-order valence-corrected chi connectivity index (χ2v) is 6.03. The van der Waals surface area contributed by atoms with E-state index in [1.54, 1.807) is 17.9 Å². The van der Waals surface area contributed by atoms with Gasteiger partial charge in [0, 0.05) is 6.54 Å². The van der Waals surface area contributed by atoms with E-state index < -0.39 is 12.1 Å². The van der Waals surface area contributed by atoms with E-state index >= 15 is 0 Å². The molecule has 1 N–H and O–H groups in total. The predicted molar refractivity (Wildman–Crippen MR) is 76.2 cm³/mol. The lowest BCUT2D eigenvalue weighted by atomic mass is 9.76. The smallest absolute Gasteiger partial charge is 0.311 e. The maximum Gasteiger partial charge on any atom is 0.391 e. The maximum absolute atomic E-state index is 13.0. The van der Waals surface area contributed by atoms with Crippen LogP contribution in [0.2, 0.25) is 5.02 Å². The van der Waals surface area contributed by atoms with E-state index in [4.69, 9.17) is 11.6 Å². The Morgan fingerprint density at radius 2 is 2.19 bits per heavy atom. The summed E-state index contributed by atoms with van der Waals surface area (Å²) in [5.74, 6) is -1.28. The lowest BCUT2D eigenvalue weighted by Crippen LogP contribution is -2.35. The van der Waals surface area contributed by atoms with Crippen LogP contribution >= 0.6 is 11.6 Å². The van der Waals surface area contributed by atoms with Crippen molar-refractivity contribution >= 4 is 11.6 Å².